The van der Waals surface area contributed by atoms with Gasteiger partial charge in [0.2, 0.25) is 0 Å². The van der Waals surface area contributed by atoms with Gasteiger partial charge in [0, 0.05) is 11.1 Å². The molecular weight excluding hydrogens is 392 g/mol. The van der Waals surface area contributed by atoms with Gasteiger partial charge in [0.05, 0.1) is 13.2 Å². The Morgan fingerprint density at radius 1 is 0.531 bits per heavy atom. The van der Waals surface area contributed by atoms with Crippen molar-refractivity contribution in [3.8, 4) is 23.3 Å². The molecule has 0 spiro atoms. The van der Waals surface area contributed by atoms with Crippen LogP contribution < -0.4 is 9.47 Å². The van der Waals surface area contributed by atoms with Gasteiger partial charge < -0.3 is 9.47 Å². The lowest BCUT2D eigenvalue weighted by molar-refractivity contribution is 0.305. The van der Waals surface area contributed by atoms with Gasteiger partial charge in [-0.25, -0.2) is 0 Å². The lowest BCUT2D eigenvalue weighted by Crippen LogP contribution is -1.97. The van der Waals surface area contributed by atoms with E-state index in [2.05, 4.69) is 62.1 Å². The van der Waals surface area contributed by atoms with E-state index in [1.807, 2.05) is 24.3 Å². The third-order valence-corrected chi connectivity index (χ3v) is 5.55. The molecule has 32 heavy (non-hydrogen) atoms. The second-order valence-corrected chi connectivity index (χ2v) is 8.32. The normalized spacial score (nSPS) is 10.6. The van der Waals surface area contributed by atoms with Crippen LogP contribution in [0, 0.1) is 11.8 Å². The van der Waals surface area contributed by atoms with Gasteiger partial charge in [-0.3, -0.25) is 0 Å². The molecule has 0 amide bonds. The SMILES string of the molecule is CCCCCCCOc1ccc2cc(C#Cc3ccc(OCCCCC)cc3)ccc2c1. The van der Waals surface area contributed by atoms with Gasteiger partial charge in [0.25, 0.3) is 0 Å². The topological polar surface area (TPSA) is 18.5 Å². The number of hydrogen-bond acceptors (Lipinski definition) is 2. The Bertz CT molecular complexity index is 1010. The number of unbranched alkanes of at least 4 members (excludes halogenated alkanes) is 6. The van der Waals surface area contributed by atoms with Crippen LogP contribution in [0.5, 0.6) is 11.5 Å². The zero-order valence-corrected chi connectivity index (χ0v) is 19.7. The van der Waals surface area contributed by atoms with Crippen LogP contribution in [0.15, 0.2) is 60.7 Å². The number of fused-ring (bicyclic) bond motifs is 1. The van der Waals surface area contributed by atoms with E-state index >= 15 is 0 Å². The smallest absolute Gasteiger partial charge is 0.119 e. The third-order valence-electron chi connectivity index (χ3n) is 5.55. The fourth-order valence-corrected chi connectivity index (χ4v) is 3.61. The second kappa shape index (κ2) is 13.5. The van der Waals surface area contributed by atoms with Crippen LogP contribution in [0.3, 0.4) is 0 Å². The van der Waals surface area contributed by atoms with Gasteiger partial charge in [-0.1, -0.05) is 76.3 Å². The number of hydrogen-bond donors (Lipinski definition) is 0. The molecule has 0 atom stereocenters. The number of rotatable bonds is 12. The van der Waals surface area contributed by atoms with E-state index in [-0.39, 0.29) is 0 Å². The summed E-state index contributed by atoms with van der Waals surface area (Å²) in [5.41, 5.74) is 2.01. The molecule has 0 fully saturated rings. The van der Waals surface area contributed by atoms with Gasteiger partial charge in [0.1, 0.15) is 11.5 Å². The molecule has 3 rings (SSSR count). The van der Waals surface area contributed by atoms with Crippen LogP contribution in [-0.2, 0) is 0 Å². The molecule has 0 N–H and O–H groups in total. The minimum atomic E-state index is 0.779. The summed E-state index contributed by atoms with van der Waals surface area (Å²) in [6.45, 7) is 6.01. The first-order valence-electron chi connectivity index (χ1n) is 12.2. The molecule has 0 aromatic heterocycles. The Labute approximate surface area is 194 Å². The first-order chi connectivity index (χ1) is 15.8. The fraction of sp³-hybridized carbons (Fsp3) is 0.400. The Morgan fingerprint density at radius 2 is 1.06 bits per heavy atom. The molecule has 3 aromatic rings. The first-order valence-corrected chi connectivity index (χ1v) is 12.2. The van der Waals surface area contributed by atoms with Crippen LogP contribution in [0.25, 0.3) is 10.8 Å². The molecule has 0 saturated carbocycles. The monoisotopic (exact) mass is 428 g/mol. The molecule has 0 unspecified atom stereocenters. The molecule has 0 aliphatic carbocycles. The lowest BCUT2D eigenvalue weighted by atomic mass is 10.1. The maximum Gasteiger partial charge on any atom is 0.119 e. The summed E-state index contributed by atoms with van der Waals surface area (Å²) < 4.78 is 11.7. The molecule has 0 bridgehead atoms. The zero-order valence-electron chi connectivity index (χ0n) is 19.7. The van der Waals surface area contributed by atoms with E-state index in [0.29, 0.717) is 0 Å². The van der Waals surface area contributed by atoms with E-state index in [9.17, 15) is 0 Å². The summed E-state index contributed by atoms with van der Waals surface area (Å²) in [5.74, 6) is 8.40. The molecule has 0 aliphatic rings. The van der Waals surface area contributed by atoms with E-state index < -0.39 is 0 Å². The molecular formula is C30H36O2. The van der Waals surface area contributed by atoms with Gasteiger partial charge >= 0.3 is 0 Å². The van der Waals surface area contributed by atoms with Crippen molar-refractivity contribution in [3.05, 3.63) is 71.8 Å². The molecule has 0 aliphatic heterocycles. The molecule has 0 saturated heterocycles. The number of benzene rings is 3. The summed E-state index contributed by atoms with van der Waals surface area (Å²) in [4.78, 5) is 0. The Balaban J connectivity index is 1.54. The standard InChI is InChI=1S/C30H36O2/c1-3-5-7-8-10-22-32-30-20-17-27-23-26(13-16-28(27)24-30)12-11-25-14-18-29(19-15-25)31-21-9-6-4-2/h13-20,23-24H,3-10,21-22H2,1-2H3. The van der Waals surface area contributed by atoms with E-state index in [4.69, 9.17) is 9.47 Å². The van der Waals surface area contributed by atoms with Gasteiger partial charge in [-0.05, 0) is 72.1 Å². The van der Waals surface area contributed by atoms with Crippen LogP contribution in [0.1, 0.15) is 76.3 Å². The molecule has 168 valence electrons. The van der Waals surface area contributed by atoms with Crippen molar-refractivity contribution in [3.63, 3.8) is 0 Å². The predicted molar refractivity (Wildman–Crippen MR) is 136 cm³/mol. The average molecular weight is 429 g/mol. The summed E-state index contributed by atoms with van der Waals surface area (Å²) in [7, 11) is 0. The highest BCUT2D eigenvalue weighted by atomic mass is 16.5. The number of ether oxygens (including phenoxy) is 2. The highest BCUT2D eigenvalue weighted by Crippen LogP contribution is 2.22. The van der Waals surface area contributed by atoms with Crippen molar-refractivity contribution in [1.82, 2.24) is 0 Å². The second-order valence-electron chi connectivity index (χ2n) is 8.32. The van der Waals surface area contributed by atoms with Crippen LogP contribution in [-0.4, -0.2) is 13.2 Å². The largest absolute Gasteiger partial charge is 0.494 e. The van der Waals surface area contributed by atoms with Gasteiger partial charge in [-0.2, -0.15) is 0 Å². The quantitative estimate of drug-likeness (QED) is 0.214. The van der Waals surface area contributed by atoms with Crippen LogP contribution in [0.2, 0.25) is 0 Å². The minimum absolute atomic E-state index is 0.779. The highest BCUT2D eigenvalue weighted by molar-refractivity contribution is 5.85. The van der Waals surface area contributed by atoms with Crippen molar-refractivity contribution in [2.45, 2.75) is 65.2 Å². The van der Waals surface area contributed by atoms with Gasteiger partial charge in [0.15, 0.2) is 0 Å². The Hall–Kier alpha value is -2.92. The summed E-state index contributed by atoms with van der Waals surface area (Å²) in [6.07, 6.45) is 9.80. The molecule has 3 aromatic carbocycles. The maximum absolute atomic E-state index is 5.94. The van der Waals surface area contributed by atoms with Crippen molar-refractivity contribution < 1.29 is 9.47 Å². The first kappa shape index (κ1) is 23.7. The van der Waals surface area contributed by atoms with Crippen molar-refractivity contribution >= 4 is 10.8 Å². The minimum Gasteiger partial charge on any atom is -0.494 e. The van der Waals surface area contributed by atoms with Crippen molar-refractivity contribution in [2.75, 3.05) is 13.2 Å². The zero-order chi connectivity index (χ0) is 22.4. The average Bonchev–Trinajstić information content (AvgIpc) is 2.83. The fourth-order valence-electron chi connectivity index (χ4n) is 3.61. The Morgan fingerprint density at radius 3 is 1.84 bits per heavy atom. The third kappa shape index (κ3) is 7.97. The highest BCUT2D eigenvalue weighted by Gasteiger charge is 2.00. The van der Waals surface area contributed by atoms with Crippen LogP contribution >= 0.6 is 0 Å². The van der Waals surface area contributed by atoms with E-state index in [1.54, 1.807) is 0 Å². The van der Waals surface area contributed by atoms with Crippen molar-refractivity contribution in [1.29, 1.82) is 0 Å². The summed E-state index contributed by atoms with van der Waals surface area (Å²) in [5, 5.41) is 2.37. The van der Waals surface area contributed by atoms with E-state index in [1.165, 1.54) is 49.3 Å². The maximum atomic E-state index is 5.94. The summed E-state index contributed by atoms with van der Waals surface area (Å²) >= 11 is 0. The Kier molecular flexibility index (Phi) is 10.0. The molecule has 0 heterocycles. The van der Waals surface area contributed by atoms with E-state index in [0.717, 1.165) is 48.7 Å². The molecule has 2 heteroatoms. The van der Waals surface area contributed by atoms with Crippen molar-refractivity contribution in [2.24, 2.45) is 0 Å². The predicted octanol–water partition coefficient (Wildman–Crippen LogP) is 8.16. The summed E-state index contributed by atoms with van der Waals surface area (Å²) in [6, 6.07) is 20.7. The lowest BCUT2D eigenvalue weighted by Gasteiger charge is -2.07. The molecule has 0 radical (unpaired) electrons. The molecule has 2 nitrogen and oxygen atoms in total. The van der Waals surface area contributed by atoms with Crippen LogP contribution in [0.4, 0.5) is 0 Å². The van der Waals surface area contributed by atoms with Gasteiger partial charge in [-0.15, -0.1) is 0 Å².